The summed E-state index contributed by atoms with van der Waals surface area (Å²) in [6.45, 7) is -7.44. The number of rotatable bonds is 15. The van der Waals surface area contributed by atoms with Crippen LogP contribution >= 0.6 is 0 Å². The highest BCUT2D eigenvalue weighted by Gasteiger charge is 3.05. The molecule has 0 aromatic rings. The summed E-state index contributed by atoms with van der Waals surface area (Å²) in [5.74, 6) is -37.2. The largest absolute Gasteiger partial charge is 0.351 e. The van der Waals surface area contributed by atoms with E-state index in [0.29, 0.717) is 0 Å². The Morgan fingerprint density at radius 1 is 0.379 bits per heavy atom. The van der Waals surface area contributed by atoms with Gasteiger partial charge in [0.15, 0.2) is 19.3 Å². The minimum absolute atomic E-state index is 1.01. The minimum Gasteiger partial charge on any atom is -0.339 e. The van der Waals surface area contributed by atoms with Gasteiger partial charge in [-0.1, -0.05) is 0 Å². The lowest BCUT2D eigenvalue weighted by molar-refractivity contribution is -0.406. The van der Waals surface area contributed by atoms with Crippen LogP contribution in [0, 0.1) is 0 Å². The standard InChI is InChI=1S/C9F12O3.C9HF11O3.C5H8F4O.C5H9F3O/c10-1(22)4(13)7(16,17)5(14,2(11)23)9(20,21)6(15,3(12)24)8(4,18)19;10-1-5(14,2(11)21)8(17,18)7(16,4(13)23)9(19,20)6(1,15)3(12)22;6-1-5(2-7,3-8)10-4-9;1-5(2-6,3-7)9-4-8/h;1H;1-4H2;2-4H2,1H3. The lowest BCUT2D eigenvalue weighted by atomic mass is 9.62. The summed E-state index contributed by atoms with van der Waals surface area (Å²) in [4.78, 5) is 60.9. The fourth-order valence-corrected chi connectivity index (χ4v) is 4.61. The van der Waals surface area contributed by atoms with Crippen molar-refractivity contribution < 1.29 is 170 Å². The van der Waals surface area contributed by atoms with Crippen molar-refractivity contribution in [1.29, 1.82) is 0 Å². The van der Waals surface area contributed by atoms with Crippen molar-refractivity contribution in [2.45, 2.75) is 87.9 Å². The summed E-state index contributed by atoms with van der Waals surface area (Å²) in [7, 11) is 0. The van der Waals surface area contributed by atoms with Gasteiger partial charge in [-0.2, -0.15) is 70.2 Å². The first kappa shape index (κ1) is 63.9. The fourth-order valence-electron chi connectivity index (χ4n) is 4.61. The molecule has 8 nitrogen and oxygen atoms in total. The Balaban J connectivity index is 0. The Hall–Kier alpha value is -4.16. The zero-order valence-corrected chi connectivity index (χ0v) is 30.6. The molecular formula is C28H18F30O8. The van der Waals surface area contributed by atoms with Gasteiger partial charge in [-0.05, 0) is 6.92 Å². The molecule has 0 heterocycles. The molecule has 0 aliphatic heterocycles. The number of hydrogen-bond donors (Lipinski definition) is 0. The lowest BCUT2D eigenvalue weighted by Gasteiger charge is -2.53. The molecule has 2 fully saturated rings. The number of carbonyl (C=O) groups excluding carboxylic acids is 6. The molecule has 2 atom stereocenters. The van der Waals surface area contributed by atoms with E-state index < -0.39 is 164 Å². The maximum atomic E-state index is 13.6. The van der Waals surface area contributed by atoms with Crippen LogP contribution in [0.5, 0.6) is 0 Å². The van der Waals surface area contributed by atoms with Crippen LogP contribution in [0.3, 0.4) is 0 Å². The molecule has 0 aromatic carbocycles. The molecule has 0 amide bonds. The van der Waals surface area contributed by atoms with Crippen molar-refractivity contribution in [2.24, 2.45) is 0 Å². The van der Waals surface area contributed by atoms with Crippen molar-refractivity contribution in [2.75, 3.05) is 47.1 Å². The Morgan fingerprint density at radius 2 is 0.591 bits per heavy atom. The highest BCUT2D eigenvalue weighted by atomic mass is 19.3. The van der Waals surface area contributed by atoms with Crippen molar-refractivity contribution in [3.63, 3.8) is 0 Å². The predicted octanol–water partition coefficient (Wildman–Crippen LogP) is 7.95. The molecule has 38 heteroatoms. The summed E-state index contributed by atoms with van der Waals surface area (Å²) < 4.78 is 392. The smallest absolute Gasteiger partial charge is 0.339 e. The molecule has 0 radical (unpaired) electrons. The van der Waals surface area contributed by atoms with Crippen LogP contribution in [0.25, 0.3) is 0 Å². The van der Waals surface area contributed by atoms with E-state index >= 15 is 0 Å². The Labute approximate surface area is 342 Å². The highest BCUT2D eigenvalue weighted by molar-refractivity contribution is 5.96. The number of carbonyl (C=O) groups is 6. The molecule has 2 unspecified atom stereocenters. The van der Waals surface area contributed by atoms with Gasteiger partial charge in [-0.15, -0.1) is 0 Å². The molecule has 66 heavy (non-hydrogen) atoms. The molecular weight excluding hydrogens is 1030 g/mol. The van der Waals surface area contributed by atoms with Crippen LogP contribution in [0.2, 0.25) is 0 Å². The minimum atomic E-state index is -7.60. The summed E-state index contributed by atoms with van der Waals surface area (Å²) in [6, 6.07) is -27.7. The van der Waals surface area contributed by atoms with Gasteiger partial charge in [-0.25, -0.2) is 61.5 Å². The SMILES string of the molecule is CC(CF)(CF)OCF.FCOC(CF)(CF)CF.O=C(F)C1(F)C(F)(F)C(F)(C(=O)F)C(F)(F)C(F)(C(=O)F)C1(F)F.O=C(F)C1(F)C(F)C(F)(C(=O)F)C(F)(F)C(F)(C(=O)F)C1(F)F. The Bertz CT molecular complexity index is 1640. The Morgan fingerprint density at radius 3 is 0.712 bits per heavy atom. The second-order valence-electron chi connectivity index (χ2n) is 12.7. The van der Waals surface area contributed by atoms with E-state index in [-0.39, 0.29) is 0 Å². The molecule has 2 rings (SSSR count). The van der Waals surface area contributed by atoms with E-state index in [1.165, 1.54) is 6.92 Å². The van der Waals surface area contributed by atoms with Gasteiger partial charge in [0, 0.05) is 0 Å². The molecule has 0 spiro atoms. The van der Waals surface area contributed by atoms with Crippen molar-refractivity contribution in [3.8, 4) is 0 Å². The van der Waals surface area contributed by atoms with E-state index in [1.54, 1.807) is 0 Å². The number of hydrogen-bond acceptors (Lipinski definition) is 8. The van der Waals surface area contributed by atoms with E-state index in [4.69, 9.17) is 0 Å². The quantitative estimate of drug-likeness (QED) is 0.120. The molecule has 0 bridgehead atoms. The topological polar surface area (TPSA) is 121 Å². The van der Waals surface area contributed by atoms with Crippen molar-refractivity contribution >= 4 is 36.2 Å². The van der Waals surface area contributed by atoms with Gasteiger partial charge in [0.2, 0.25) is 6.17 Å². The van der Waals surface area contributed by atoms with Gasteiger partial charge in [0.1, 0.15) is 39.0 Å². The van der Waals surface area contributed by atoms with E-state index in [1.807, 2.05) is 0 Å². The van der Waals surface area contributed by atoms with Crippen LogP contribution in [-0.2, 0) is 38.2 Å². The molecule has 0 N–H and O–H groups in total. The van der Waals surface area contributed by atoms with E-state index in [2.05, 4.69) is 9.47 Å². The first-order valence-corrected chi connectivity index (χ1v) is 15.3. The molecule has 0 aromatic heterocycles. The van der Waals surface area contributed by atoms with Crippen molar-refractivity contribution in [1.82, 2.24) is 0 Å². The highest BCUT2D eigenvalue weighted by Crippen LogP contribution is 2.70. The monoisotopic (exact) mass is 1050 g/mol. The third-order valence-electron chi connectivity index (χ3n) is 8.79. The van der Waals surface area contributed by atoms with E-state index in [9.17, 15) is 160 Å². The normalized spacial score (nSPS) is 32.7. The first-order chi connectivity index (χ1) is 29.2. The summed E-state index contributed by atoms with van der Waals surface area (Å²) in [5.41, 5.74) is -46.2. The maximum Gasteiger partial charge on any atom is 0.351 e. The second-order valence-corrected chi connectivity index (χ2v) is 12.7. The van der Waals surface area contributed by atoms with Gasteiger partial charge in [0.05, 0.1) is 0 Å². The molecule has 0 saturated heterocycles. The van der Waals surface area contributed by atoms with Crippen LogP contribution in [0.15, 0.2) is 0 Å². The van der Waals surface area contributed by atoms with Crippen LogP contribution in [0.1, 0.15) is 6.92 Å². The zero-order valence-electron chi connectivity index (χ0n) is 30.6. The number of halogens is 30. The molecule has 2 saturated carbocycles. The van der Waals surface area contributed by atoms with Gasteiger partial charge < -0.3 is 9.47 Å². The number of alkyl halides is 24. The molecule has 2 aliphatic rings. The van der Waals surface area contributed by atoms with E-state index in [0.717, 1.165) is 0 Å². The maximum absolute atomic E-state index is 13.6. The average molecular weight is 1050 g/mol. The predicted molar refractivity (Wildman–Crippen MR) is 144 cm³/mol. The van der Waals surface area contributed by atoms with Gasteiger partial charge in [-0.3, -0.25) is 28.8 Å². The van der Waals surface area contributed by atoms with Gasteiger partial charge >= 0.3 is 99.8 Å². The third-order valence-corrected chi connectivity index (χ3v) is 8.79. The lowest BCUT2D eigenvalue weighted by Crippen LogP contribution is -2.89. The fraction of sp³-hybridized carbons (Fsp3) is 0.786. The average Bonchev–Trinajstić information content (AvgIpc) is 3.22. The zero-order chi connectivity index (χ0) is 53.9. The third kappa shape index (κ3) is 8.42. The van der Waals surface area contributed by atoms with Crippen molar-refractivity contribution in [3.05, 3.63) is 0 Å². The van der Waals surface area contributed by atoms with Crippen LogP contribution in [-0.4, -0.2) is 164 Å². The second kappa shape index (κ2) is 20.2. The summed E-state index contributed by atoms with van der Waals surface area (Å²) >= 11 is 0. The summed E-state index contributed by atoms with van der Waals surface area (Å²) in [6.07, 6.45) is -5.65. The first-order valence-electron chi connectivity index (χ1n) is 15.3. The van der Waals surface area contributed by atoms with Gasteiger partial charge in [0.25, 0.3) is 0 Å². The number of ether oxygens (including phenoxy) is 2. The van der Waals surface area contributed by atoms with Crippen LogP contribution < -0.4 is 0 Å². The molecule has 388 valence electrons. The van der Waals surface area contributed by atoms with Crippen LogP contribution in [0.4, 0.5) is 132 Å². The molecule has 2 aliphatic carbocycles. The summed E-state index contributed by atoms with van der Waals surface area (Å²) in [5, 5.41) is 0. The Kier molecular flexibility index (Phi) is 19.6.